The van der Waals surface area contributed by atoms with Gasteiger partial charge in [0.15, 0.2) is 0 Å². The van der Waals surface area contributed by atoms with Crippen molar-refractivity contribution in [2.75, 3.05) is 11.9 Å². The number of unbranched alkanes of at least 4 members (excludes halogenated alkanes) is 1. The molecule has 182 valence electrons. The van der Waals surface area contributed by atoms with E-state index in [0.29, 0.717) is 12.2 Å². The topological polar surface area (TPSA) is 117 Å². The number of pyridine rings is 1. The van der Waals surface area contributed by atoms with Crippen molar-refractivity contribution in [2.24, 2.45) is 0 Å². The van der Waals surface area contributed by atoms with Crippen molar-refractivity contribution in [3.05, 3.63) is 104 Å². The highest BCUT2D eigenvalue weighted by molar-refractivity contribution is 6.02. The van der Waals surface area contributed by atoms with E-state index < -0.39 is 23.2 Å². The highest BCUT2D eigenvalue weighted by Crippen LogP contribution is 2.36. The lowest BCUT2D eigenvalue weighted by molar-refractivity contribution is -0.117. The molecule has 0 aliphatic carbocycles. The molecule has 2 amide bonds. The third kappa shape index (κ3) is 4.19. The first-order valence-electron chi connectivity index (χ1n) is 11.9. The molecule has 1 aliphatic heterocycles. The first-order chi connectivity index (χ1) is 17.5. The zero-order chi connectivity index (χ0) is 25.2. The second-order valence-corrected chi connectivity index (χ2v) is 8.74. The first-order valence-corrected chi connectivity index (χ1v) is 11.9. The van der Waals surface area contributed by atoms with Crippen molar-refractivity contribution < 1.29 is 9.59 Å². The molecule has 2 N–H and O–H groups in total. The van der Waals surface area contributed by atoms with Crippen LogP contribution in [0.5, 0.6) is 0 Å². The molecule has 3 heterocycles. The number of fused-ring (bicyclic) bond motifs is 2. The van der Waals surface area contributed by atoms with Crippen molar-refractivity contribution >= 4 is 28.5 Å². The van der Waals surface area contributed by atoms with E-state index in [1.807, 2.05) is 61.5 Å². The minimum Gasteiger partial charge on any atom is -0.324 e. The summed E-state index contributed by atoms with van der Waals surface area (Å²) in [6, 6.07) is 17.8. The minimum atomic E-state index is -0.608. The fraction of sp³-hybridized carbons (Fsp3) is 0.222. The molecule has 2 aromatic carbocycles. The Balaban J connectivity index is 1.64. The molecule has 9 heteroatoms. The van der Waals surface area contributed by atoms with Crippen molar-refractivity contribution in [3.63, 3.8) is 0 Å². The second kappa shape index (κ2) is 9.61. The predicted octanol–water partition coefficient (Wildman–Crippen LogP) is 3.07. The molecule has 0 saturated heterocycles. The SMILES string of the molecule is CCCCn1c(=O)[nH]c(=O)c2cc(C(=O)N3CC(=O)Nc4ccccc4C3c3ccccc3)cnc21. The fourth-order valence-electron chi connectivity index (χ4n) is 4.61. The van der Waals surface area contributed by atoms with Crippen LogP contribution in [-0.4, -0.2) is 37.8 Å². The zero-order valence-corrected chi connectivity index (χ0v) is 19.7. The number of benzene rings is 2. The van der Waals surface area contributed by atoms with Crippen LogP contribution in [0.25, 0.3) is 11.0 Å². The number of aromatic nitrogens is 3. The molecule has 5 rings (SSSR count). The number of rotatable bonds is 5. The number of nitrogens with zero attached hydrogens (tertiary/aromatic N) is 3. The number of carbonyl (C=O) groups is 2. The van der Waals surface area contributed by atoms with Gasteiger partial charge in [-0.05, 0) is 24.1 Å². The second-order valence-electron chi connectivity index (χ2n) is 8.74. The standard InChI is InChI=1S/C27H25N5O4/c1-2-3-13-31-24-20(25(34)30-27(31)36)14-18(15-28-24)26(35)32-16-22(33)29-21-12-8-7-11-19(21)23(32)17-9-5-4-6-10-17/h4-12,14-15,23H,2-3,13,16H2,1H3,(H,29,33)(H,30,34,36). The Kier molecular flexibility index (Phi) is 6.20. The van der Waals surface area contributed by atoms with Gasteiger partial charge in [-0.15, -0.1) is 0 Å². The van der Waals surface area contributed by atoms with Gasteiger partial charge in [-0.3, -0.25) is 23.9 Å². The van der Waals surface area contributed by atoms with E-state index in [-0.39, 0.29) is 29.0 Å². The normalized spacial score (nSPS) is 15.3. The van der Waals surface area contributed by atoms with Crippen LogP contribution >= 0.6 is 0 Å². The van der Waals surface area contributed by atoms with Crippen LogP contribution < -0.4 is 16.6 Å². The molecular weight excluding hydrogens is 458 g/mol. The Bertz CT molecular complexity index is 1570. The minimum absolute atomic E-state index is 0.146. The van der Waals surface area contributed by atoms with Crippen LogP contribution in [0.15, 0.2) is 76.4 Å². The molecule has 9 nitrogen and oxygen atoms in total. The highest BCUT2D eigenvalue weighted by atomic mass is 16.2. The van der Waals surface area contributed by atoms with Crippen molar-refractivity contribution in [3.8, 4) is 0 Å². The number of hydrogen-bond acceptors (Lipinski definition) is 5. The molecule has 0 bridgehead atoms. The number of nitrogens with one attached hydrogen (secondary N) is 2. The number of carbonyl (C=O) groups excluding carboxylic acids is 2. The van der Waals surface area contributed by atoms with E-state index >= 15 is 0 Å². The smallest absolute Gasteiger partial charge is 0.324 e. The molecule has 1 atom stereocenters. The number of hydrogen-bond donors (Lipinski definition) is 2. The summed E-state index contributed by atoms with van der Waals surface area (Å²) in [6.07, 6.45) is 2.97. The highest BCUT2D eigenvalue weighted by Gasteiger charge is 2.34. The van der Waals surface area contributed by atoms with Crippen molar-refractivity contribution in [1.82, 2.24) is 19.4 Å². The van der Waals surface area contributed by atoms with Gasteiger partial charge in [0.05, 0.1) is 17.0 Å². The third-order valence-electron chi connectivity index (χ3n) is 6.35. The van der Waals surface area contributed by atoms with Gasteiger partial charge in [0.2, 0.25) is 5.91 Å². The molecule has 1 aliphatic rings. The number of aromatic amines is 1. The predicted molar refractivity (Wildman–Crippen MR) is 136 cm³/mol. The maximum atomic E-state index is 13.9. The van der Waals surface area contributed by atoms with Crippen LogP contribution in [0, 0.1) is 0 Å². The molecule has 0 saturated carbocycles. The monoisotopic (exact) mass is 483 g/mol. The summed E-state index contributed by atoms with van der Waals surface area (Å²) < 4.78 is 1.41. The quantitative estimate of drug-likeness (QED) is 0.452. The summed E-state index contributed by atoms with van der Waals surface area (Å²) in [7, 11) is 0. The molecule has 36 heavy (non-hydrogen) atoms. The van der Waals surface area contributed by atoms with E-state index in [4.69, 9.17) is 0 Å². The van der Waals surface area contributed by atoms with Crippen LogP contribution in [0.4, 0.5) is 5.69 Å². The number of anilines is 1. The molecule has 4 aromatic rings. The van der Waals surface area contributed by atoms with E-state index in [9.17, 15) is 19.2 Å². The lowest BCUT2D eigenvalue weighted by Gasteiger charge is -2.30. The van der Waals surface area contributed by atoms with Gasteiger partial charge in [0.25, 0.3) is 11.5 Å². The summed E-state index contributed by atoms with van der Waals surface area (Å²) >= 11 is 0. The number of H-pyrrole nitrogens is 1. The Hall–Kier alpha value is -4.53. The molecule has 0 radical (unpaired) electrons. The Morgan fingerprint density at radius 2 is 1.81 bits per heavy atom. The Labute approximate surface area is 206 Å². The van der Waals surface area contributed by atoms with E-state index in [1.165, 1.54) is 21.7 Å². The van der Waals surface area contributed by atoms with E-state index in [0.717, 1.165) is 24.0 Å². The maximum absolute atomic E-state index is 13.9. The van der Waals surface area contributed by atoms with Gasteiger partial charge in [-0.2, -0.15) is 0 Å². The zero-order valence-electron chi connectivity index (χ0n) is 19.7. The Morgan fingerprint density at radius 3 is 2.58 bits per heavy atom. The van der Waals surface area contributed by atoms with Crippen molar-refractivity contribution in [2.45, 2.75) is 32.4 Å². The lowest BCUT2D eigenvalue weighted by Crippen LogP contribution is -2.39. The van der Waals surface area contributed by atoms with Crippen LogP contribution in [-0.2, 0) is 11.3 Å². The van der Waals surface area contributed by atoms with Gasteiger partial charge in [-0.1, -0.05) is 61.9 Å². The van der Waals surface area contributed by atoms with Gasteiger partial charge in [0, 0.05) is 24.0 Å². The summed E-state index contributed by atoms with van der Waals surface area (Å²) in [4.78, 5) is 59.9. The molecular formula is C27H25N5O4. The summed E-state index contributed by atoms with van der Waals surface area (Å²) in [5.41, 5.74) is 1.51. The largest absolute Gasteiger partial charge is 0.329 e. The number of aryl methyl sites for hydroxylation is 1. The van der Waals surface area contributed by atoms with E-state index in [2.05, 4.69) is 15.3 Å². The van der Waals surface area contributed by atoms with Crippen molar-refractivity contribution in [1.29, 1.82) is 0 Å². The summed E-state index contributed by atoms with van der Waals surface area (Å²) in [6.45, 7) is 2.22. The Morgan fingerprint density at radius 1 is 1.06 bits per heavy atom. The molecule has 0 spiro atoms. The fourth-order valence-corrected chi connectivity index (χ4v) is 4.61. The van der Waals surface area contributed by atoms with Crippen LogP contribution in [0.1, 0.15) is 47.3 Å². The maximum Gasteiger partial charge on any atom is 0.329 e. The molecule has 2 aromatic heterocycles. The van der Waals surface area contributed by atoms with E-state index in [1.54, 1.807) is 0 Å². The molecule has 1 unspecified atom stereocenters. The average molecular weight is 484 g/mol. The average Bonchev–Trinajstić information content (AvgIpc) is 3.04. The van der Waals surface area contributed by atoms with Gasteiger partial charge in [0.1, 0.15) is 12.2 Å². The van der Waals surface area contributed by atoms with Crippen LogP contribution in [0.2, 0.25) is 0 Å². The van der Waals surface area contributed by atoms with Gasteiger partial charge in [-0.25, -0.2) is 9.78 Å². The van der Waals surface area contributed by atoms with Gasteiger partial charge >= 0.3 is 5.69 Å². The summed E-state index contributed by atoms with van der Waals surface area (Å²) in [5.74, 6) is -0.773. The van der Waals surface area contributed by atoms with Crippen LogP contribution in [0.3, 0.4) is 0 Å². The lowest BCUT2D eigenvalue weighted by atomic mass is 9.95. The molecule has 0 fully saturated rings. The van der Waals surface area contributed by atoms with Gasteiger partial charge < -0.3 is 10.2 Å². The number of para-hydroxylation sites is 1. The number of amides is 2. The first kappa shape index (κ1) is 23.2. The summed E-state index contributed by atoms with van der Waals surface area (Å²) in [5, 5.41) is 3.03. The third-order valence-corrected chi connectivity index (χ3v) is 6.35.